The number of nitrogens with zero attached hydrogens (tertiary/aromatic N) is 3. The molecular weight excluding hydrogens is 210 g/mol. The average Bonchev–Trinajstić information content (AvgIpc) is 3.01. The second-order valence-corrected chi connectivity index (χ2v) is 3.78. The largest absolute Gasteiger partial charge is 0.358 e. The number of hydrogen-bond acceptors (Lipinski definition) is 5. The van der Waals surface area contributed by atoms with Gasteiger partial charge in [-0.25, -0.2) is 0 Å². The molecule has 0 amide bonds. The van der Waals surface area contributed by atoms with Crippen LogP contribution >= 0.6 is 11.5 Å². The predicted octanol–water partition coefficient (Wildman–Crippen LogP) is 2.48. The first-order chi connectivity index (χ1) is 7.45. The molecule has 74 valence electrons. The fourth-order valence-electron chi connectivity index (χ4n) is 1.51. The molecule has 15 heavy (non-hydrogen) atoms. The lowest BCUT2D eigenvalue weighted by Crippen LogP contribution is -1.89. The Labute approximate surface area is 90.1 Å². The van der Waals surface area contributed by atoms with Gasteiger partial charge in [-0.1, -0.05) is 11.2 Å². The fraction of sp³-hybridized carbons (Fsp3) is 0.100. The Kier molecular flexibility index (Phi) is 1.96. The van der Waals surface area contributed by atoms with Crippen LogP contribution in [-0.2, 0) is 0 Å². The molecule has 1 atom stereocenters. The van der Waals surface area contributed by atoms with Crippen molar-refractivity contribution in [3.05, 3.63) is 35.6 Å². The molecule has 1 unspecified atom stereocenters. The Morgan fingerprint density at radius 3 is 3.13 bits per heavy atom. The zero-order valence-electron chi connectivity index (χ0n) is 7.70. The van der Waals surface area contributed by atoms with E-state index < -0.39 is 0 Å². The van der Waals surface area contributed by atoms with Crippen LogP contribution in [0.5, 0.6) is 0 Å². The van der Waals surface area contributed by atoms with E-state index in [1.807, 2.05) is 23.6 Å². The minimum Gasteiger partial charge on any atom is -0.358 e. The van der Waals surface area contributed by atoms with E-state index in [4.69, 9.17) is 4.52 Å². The topological polar surface area (TPSA) is 51.3 Å². The van der Waals surface area contributed by atoms with Gasteiger partial charge in [-0.05, 0) is 23.7 Å². The maximum absolute atomic E-state index is 5.22. The van der Waals surface area contributed by atoms with Gasteiger partial charge in [0, 0.05) is 11.6 Å². The molecular formula is C10H7N3OS. The Bertz CT molecular complexity index is 501. The van der Waals surface area contributed by atoms with Crippen molar-refractivity contribution in [3.8, 4) is 11.3 Å². The van der Waals surface area contributed by atoms with E-state index in [0.29, 0.717) is 0 Å². The van der Waals surface area contributed by atoms with Crippen LogP contribution < -0.4 is 0 Å². The molecule has 0 saturated carbocycles. The first-order valence-corrected chi connectivity index (χ1v) is 5.34. The molecule has 0 aliphatic carbocycles. The summed E-state index contributed by atoms with van der Waals surface area (Å²) in [6, 6.07) is 1.90. The Morgan fingerprint density at radius 2 is 2.40 bits per heavy atom. The molecule has 2 aromatic heterocycles. The number of hydrogen-bond donors (Lipinski definition) is 0. The summed E-state index contributed by atoms with van der Waals surface area (Å²) < 4.78 is 9.48. The van der Waals surface area contributed by atoms with Gasteiger partial charge < -0.3 is 4.52 Å². The molecule has 0 N–H and O–H groups in total. The molecule has 0 aromatic carbocycles. The minimum absolute atomic E-state index is 0.0517. The molecule has 2 aromatic rings. The zero-order chi connectivity index (χ0) is 10.1. The Hall–Kier alpha value is -1.75. The maximum atomic E-state index is 5.22. The second kappa shape index (κ2) is 3.43. The SMILES string of the molecule is C1=CC(c2oncc2-c2ccsn2)N=C1. The zero-order valence-corrected chi connectivity index (χ0v) is 8.52. The van der Waals surface area contributed by atoms with Gasteiger partial charge in [-0.3, -0.25) is 4.99 Å². The monoisotopic (exact) mass is 217 g/mol. The molecule has 0 radical (unpaired) electrons. The van der Waals surface area contributed by atoms with Gasteiger partial charge in [0.1, 0.15) is 6.04 Å². The molecule has 0 spiro atoms. The van der Waals surface area contributed by atoms with Gasteiger partial charge in [0.2, 0.25) is 0 Å². The summed E-state index contributed by atoms with van der Waals surface area (Å²) >= 11 is 1.41. The third kappa shape index (κ3) is 1.41. The van der Waals surface area contributed by atoms with Crippen molar-refractivity contribution in [3.63, 3.8) is 0 Å². The van der Waals surface area contributed by atoms with Gasteiger partial charge in [0.25, 0.3) is 0 Å². The number of aliphatic imine (C=N–C) groups is 1. The van der Waals surface area contributed by atoms with Crippen LogP contribution in [0, 0.1) is 0 Å². The fourth-order valence-corrected chi connectivity index (χ4v) is 2.03. The van der Waals surface area contributed by atoms with Gasteiger partial charge in [0.05, 0.1) is 17.5 Å². The Morgan fingerprint density at radius 1 is 1.40 bits per heavy atom. The first-order valence-electron chi connectivity index (χ1n) is 4.50. The lowest BCUT2D eigenvalue weighted by molar-refractivity contribution is 0.377. The van der Waals surface area contributed by atoms with Crippen molar-refractivity contribution in [2.75, 3.05) is 0 Å². The summed E-state index contributed by atoms with van der Waals surface area (Å²) in [4.78, 5) is 4.25. The van der Waals surface area contributed by atoms with Gasteiger partial charge in [-0.2, -0.15) is 4.37 Å². The summed E-state index contributed by atoms with van der Waals surface area (Å²) in [5, 5.41) is 5.73. The first kappa shape index (κ1) is 8.55. The van der Waals surface area contributed by atoms with Crippen molar-refractivity contribution < 1.29 is 4.52 Å². The third-order valence-electron chi connectivity index (χ3n) is 2.21. The van der Waals surface area contributed by atoms with Crippen LogP contribution in [0.1, 0.15) is 11.8 Å². The summed E-state index contributed by atoms with van der Waals surface area (Å²) in [7, 11) is 0. The van der Waals surface area contributed by atoms with E-state index in [2.05, 4.69) is 14.5 Å². The summed E-state index contributed by atoms with van der Waals surface area (Å²) in [6.07, 6.45) is 7.32. The standard InChI is InChI=1S/C10H7N3OS/c1-2-9(11-4-1)10-7(6-12-14-10)8-3-5-15-13-8/h1-6,9H. The highest BCUT2D eigenvalue weighted by atomic mass is 32.1. The average molecular weight is 217 g/mol. The van der Waals surface area contributed by atoms with Gasteiger partial charge in [-0.15, -0.1) is 0 Å². The summed E-state index contributed by atoms with van der Waals surface area (Å²) in [5.41, 5.74) is 1.82. The van der Waals surface area contributed by atoms with E-state index in [1.54, 1.807) is 12.4 Å². The smallest absolute Gasteiger partial charge is 0.174 e. The second-order valence-electron chi connectivity index (χ2n) is 3.12. The normalized spacial score (nSPS) is 18.8. The summed E-state index contributed by atoms with van der Waals surface area (Å²) in [6.45, 7) is 0. The lowest BCUT2D eigenvalue weighted by Gasteiger charge is -2.00. The van der Waals surface area contributed by atoms with E-state index >= 15 is 0 Å². The molecule has 0 saturated heterocycles. The molecule has 0 fully saturated rings. The summed E-state index contributed by atoms with van der Waals surface area (Å²) in [5.74, 6) is 0.755. The molecule has 3 rings (SSSR count). The molecule has 3 heterocycles. The molecule has 0 bridgehead atoms. The van der Waals surface area contributed by atoms with E-state index in [9.17, 15) is 0 Å². The Balaban J connectivity index is 2.06. The maximum Gasteiger partial charge on any atom is 0.174 e. The highest BCUT2D eigenvalue weighted by Crippen LogP contribution is 2.31. The van der Waals surface area contributed by atoms with Crippen LogP contribution in [0.25, 0.3) is 11.3 Å². The lowest BCUT2D eigenvalue weighted by atomic mass is 10.1. The van der Waals surface area contributed by atoms with Crippen molar-refractivity contribution in [2.24, 2.45) is 4.99 Å². The van der Waals surface area contributed by atoms with Crippen LogP contribution in [0.4, 0.5) is 0 Å². The molecule has 5 heteroatoms. The number of allylic oxidation sites excluding steroid dienone is 1. The highest BCUT2D eigenvalue weighted by Gasteiger charge is 2.20. The van der Waals surface area contributed by atoms with E-state index in [0.717, 1.165) is 17.0 Å². The van der Waals surface area contributed by atoms with Crippen molar-refractivity contribution in [2.45, 2.75) is 6.04 Å². The van der Waals surface area contributed by atoms with Crippen LogP contribution in [0.15, 0.2) is 39.3 Å². The highest BCUT2D eigenvalue weighted by molar-refractivity contribution is 7.03. The van der Waals surface area contributed by atoms with Crippen molar-refractivity contribution in [1.82, 2.24) is 9.53 Å². The van der Waals surface area contributed by atoms with Crippen LogP contribution in [0.3, 0.4) is 0 Å². The van der Waals surface area contributed by atoms with Gasteiger partial charge in [0.15, 0.2) is 5.76 Å². The van der Waals surface area contributed by atoms with Gasteiger partial charge >= 0.3 is 0 Å². The van der Waals surface area contributed by atoms with E-state index in [1.165, 1.54) is 11.5 Å². The van der Waals surface area contributed by atoms with Crippen molar-refractivity contribution in [1.29, 1.82) is 0 Å². The number of aromatic nitrogens is 2. The van der Waals surface area contributed by atoms with E-state index in [-0.39, 0.29) is 6.04 Å². The molecule has 1 aliphatic rings. The molecule has 1 aliphatic heterocycles. The third-order valence-corrected chi connectivity index (χ3v) is 2.77. The molecule has 4 nitrogen and oxygen atoms in total. The quantitative estimate of drug-likeness (QED) is 0.776. The minimum atomic E-state index is -0.0517. The predicted molar refractivity (Wildman–Crippen MR) is 58.0 cm³/mol. The van der Waals surface area contributed by atoms with Crippen molar-refractivity contribution >= 4 is 17.7 Å². The number of rotatable bonds is 2. The van der Waals surface area contributed by atoms with Crippen LogP contribution in [0.2, 0.25) is 0 Å². The van der Waals surface area contributed by atoms with Crippen LogP contribution in [-0.4, -0.2) is 15.7 Å².